The van der Waals surface area contributed by atoms with E-state index in [4.69, 9.17) is 0 Å². The van der Waals surface area contributed by atoms with Gasteiger partial charge in [-0.1, -0.05) is 42.7 Å². The number of aryl methyl sites for hydroxylation is 1. The Hall–Kier alpha value is -1.51. The topological polar surface area (TPSA) is 36.4 Å². The van der Waals surface area contributed by atoms with Gasteiger partial charge in [0.1, 0.15) is 0 Å². The highest BCUT2D eigenvalue weighted by Gasteiger charge is 2.20. The molecule has 0 aromatic heterocycles. The zero-order valence-electron chi connectivity index (χ0n) is 12.1. The first-order chi connectivity index (χ1) is 9.28. The maximum absolute atomic E-state index is 4.63. The molecule has 3 heteroatoms. The van der Waals surface area contributed by atoms with Crippen molar-refractivity contribution in [3.8, 4) is 0 Å². The fraction of sp³-hybridized carbons (Fsp3) is 0.562. The number of rotatable bonds is 6. The first kappa shape index (κ1) is 13.9. The fourth-order valence-electron chi connectivity index (χ4n) is 2.01. The Balaban J connectivity index is 1.81. The summed E-state index contributed by atoms with van der Waals surface area (Å²) in [4.78, 5) is 4.63. The minimum absolute atomic E-state index is 0.735. The van der Waals surface area contributed by atoms with Crippen LogP contribution in [0.15, 0.2) is 29.3 Å². The Morgan fingerprint density at radius 2 is 1.95 bits per heavy atom. The van der Waals surface area contributed by atoms with E-state index in [1.54, 1.807) is 0 Å². The van der Waals surface area contributed by atoms with Crippen LogP contribution in [-0.2, 0) is 6.54 Å². The molecule has 1 aliphatic rings. The Morgan fingerprint density at radius 1 is 1.21 bits per heavy atom. The molecular weight excluding hydrogens is 234 g/mol. The molecule has 0 radical (unpaired) electrons. The fourth-order valence-corrected chi connectivity index (χ4v) is 2.01. The summed E-state index contributed by atoms with van der Waals surface area (Å²) in [5.41, 5.74) is 2.55. The average molecular weight is 259 g/mol. The average Bonchev–Trinajstić information content (AvgIpc) is 3.22. The summed E-state index contributed by atoms with van der Waals surface area (Å²) in [6, 6.07) is 8.57. The normalized spacial score (nSPS) is 15.4. The van der Waals surface area contributed by atoms with Crippen LogP contribution in [0.4, 0.5) is 0 Å². The van der Waals surface area contributed by atoms with E-state index in [1.807, 2.05) is 0 Å². The summed E-state index contributed by atoms with van der Waals surface area (Å²) in [6.45, 7) is 6.88. The quantitative estimate of drug-likeness (QED) is 0.609. The van der Waals surface area contributed by atoms with Gasteiger partial charge in [-0.05, 0) is 31.7 Å². The highest BCUT2D eigenvalue weighted by atomic mass is 15.2. The number of hydrogen-bond donors (Lipinski definition) is 2. The molecule has 1 aliphatic carbocycles. The van der Waals surface area contributed by atoms with E-state index in [0.717, 1.165) is 31.5 Å². The van der Waals surface area contributed by atoms with Crippen molar-refractivity contribution in [1.82, 2.24) is 10.6 Å². The van der Waals surface area contributed by atoms with E-state index in [-0.39, 0.29) is 0 Å². The number of aliphatic imine (C=N–C) groups is 1. The van der Waals surface area contributed by atoms with Gasteiger partial charge in [0.15, 0.2) is 5.96 Å². The lowest BCUT2D eigenvalue weighted by Crippen LogP contribution is -2.37. The van der Waals surface area contributed by atoms with Gasteiger partial charge in [0, 0.05) is 13.1 Å². The smallest absolute Gasteiger partial charge is 0.191 e. The first-order valence-corrected chi connectivity index (χ1v) is 7.35. The molecule has 1 fully saturated rings. The van der Waals surface area contributed by atoms with E-state index < -0.39 is 0 Å². The summed E-state index contributed by atoms with van der Waals surface area (Å²) in [5.74, 6) is 1.90. The molecule has 2 N–H and O–H groups in total. The first-order valence-electron chi connectivity index (χ1n) is 7.35. The summed E-state index contributed by atoms with van der Waals surface area (Å²) >= 11 is 0. The highest BCUT2D eigenvalue weighted by Crippen LogP contribution is 2.31. The third kappa shape index (κ3) is 5.33. The SMILES string of the molecule is CCNC(=NCc1ccc(C)cc1)NCCC1CC1. The molecule has 0 unspecified atom stereocenters. The molecule has 0 spiro atoms. The number of nitrogens with one attached hydrogen (secondary N) is 2. The largest absolute Gasteiger partial charge is 0.357 e. The molecule has 104 valence electrons. The Bertz CT molecular complexity index is 405. The van der Waals surface area contributed by atoms with E-state index in [0.29, 0.717) is 0 Å². The predicted molar refractivity (Wildman–Crippen MR) is 81.3 cm³/mol. The van der Waals surface area contributed by atoms with Crippen LogP contribution >= 0.6 is 0 Å². The van der Waals surface area contributed by atoms with Crippen molar-refractivity contribution in [2.24, 2.45) is 10.9 Å². The Kier molecular flexibility index (Phi) is 5.25. The summed E-state index contributed by atoms with van der Waals surface area (Å²) < 4.78 is 0. The molecule has 3 nitrogen and oxygen atoms in total. The zero-order chi connectivity index (χ0) is 13.5. The van der Waals surface area contributed by atoms with Crippen molar-refractivity contribution in [1.29, 1.82) is 0 Å². The van der Waals surface area contributed by atoms with Crippen LogP contribution in [0.2, 0.25) is 0 Å². The van der Waals surface area contributed by atoms with Crippen LogP contribution in [-0.4, -0.2) is 19.0 Å². The lowest BCUT2D eigenvalue weighted by Gasteiger charge is -2.11. The van der Waals surface area contributed by atoms with Crippen LogP contribution in [0.25, 0.3) is 0 Å². The zero-order valence-corrected chi connectivity index (χ0v) is 12.1. The summed E-state index contributed by atoms with van der Waals surface area (Å²) in [6.07, 6.45) is 4.10. The number of guanidine groups is 1. The third-order valence-electron chi connectivity index (χ3n) is 3.43. The molecule has 0 bridgehead atoms. The molecule has 0 aliphatic heterocycles. The van der Waals surface area contributed by atoms with Crippen LogP contribution < -0.4 is 10.6 Å². The van der Waals surface area contributed by atoms with Crippen molar-refractivity contribution in [2.45, 2.75) is 39.7 Å². The molecule has 1 aromatic rings. The second kappa shape index (κ2) is 7.17. The van der Waals surface area contributed by atoms with Crippen molar-refractivity contribution >= 4 is 5.96 Å². The summed E-state index contributed by atoms with van der Waals surface area (Å²) in [5, 5.41) is 6.71. The lowest BCUT2D eigenvalue weighted by molar-refractivity contribution is 0.685. The number of hydrogen-bond acceptors (Lipinski definition) is 1. The molecular formula is C16H25N3. The molecule has 1 aromatic carbocycles. The van der Waals surface area contributed by atoms with E-state index in [2.05, 4.69) is 53.7 Å². The molecule has 2 rings (SSSR count). The van der Waals surface area contributed by atoms with E-state index >= 15 is 0 Å². The van der Waals surface area contributed by atoms with Crippen molar-refractivity contribution < 1.29 is 0 Å². The van der Waals surface area contributed by atoms with Gasteiger partial charge >= 0.3 is 0 Å². The minimum Gasteiger partial charge on any atom is -0.357 e. The van der Waals surface area contributed by atoms with Gasteiger partial charge in [0.05, 0.1) is 6.54 Å². The predicted octanol–water partition coefficient (Wildman–Crippen LogP) is 2.85. The van der Waals surface area contributed by atoms with Crippen LogP contribution in [0.5, 0.6) is 0 Å². The van der Waals surface area contributed by atoms with Gasteiger partial charge in [-0.2, -0.15) is 0 Å². The molecule has 0 atom stereocenters. The lowest BCUT2D eigenvalue weighted by atomic mass is 10.1. The Labute approximate surface area is 116 Å². The van der Waals surface area contributed by atoms with Crippen molar-refractivity contribution in [3.05, 3.63) is 35.4 Å². The molecule has 1 saturated carbocycles. The molecule has 19 heavy (non-hydrogen) atoms. The maximum atomic E-state index is 4.63. The van der Waals surface area contributed by atoms with Gasteiger partial charge in [0.25, 0.3) is 0 Å². The van der Waals surface area contributed by atoms with Gasteiger partial charge in [0.2, 0.25) is 0 Å². The van der Waals surface area contributed by atoms with Crippen molar-refractivity contribution in [3.63, 3.8) is 0 Å². The highest BCUT2D eigenvalue weighted by molar-refractivity contribution is 5.79. The molecule has 0 saturated heterocycles. The molecule has 0 heterocycles. The monoisotopic (exact) mass is 259 g/mol. The van der Waals surface area contributed by atoms with E-state index in [1.165, 1.54) is 30.4 Å². The van der Waals surface area contributed by atoms with Crippen LogP contribution in [0.1, 0.15) is 37.3 Å². The van der Waals surface area contributed by atoms with E-state index in [9.17, 15) is 0 Å². The number of nitrogens with zero attached hydrogens (tertiary/aromatic N) is 1. The van der Waals surface area contributed by atoms with Crippen LogP contribution in [0, 0.1) is 12.8 Å². The van der Waals surface area contributed by atoms with Crippen LogP contribution in [0.3, 0.4) is 0 Å². The number of benzene rings is 1. The summed E-state index contributed by atoms with van der Waals surface area (Å²) in [7, 11) is 0. The van der Waals surface area contributed by atoms with Crippen molar-refractivity contribution in [2.75, 3.05) is 13.1 Å². The molecule has 0 amide bonds. The van der Waals surface area contributed by atoms with Gasteiger partial charge in [-0.25, -0.2) is 4.99 Å². The maximum Gasteiger partial charge on any atom is 0.191 e. The second-order valence-corrected chi connectivity index (χ2v) is 5.34. The van der Waals surface area contributed by atoms with Gasteiger partial charge < -0.3 is 10.6 Å². The second-order valence-electron chi connectivity index (χ2n) is 5.34. The minimum atomic E-state index is 0.735. The van der Waals surface area contributed by atoms with Gasteiger partial charge in [-0.3, -0.25) is 0 Å². The third-order valence-corrected chi connectivity index (χ3v) is 3.43. The Morgan fingerprint density at radius 3 is 2.58 bits per heavy atom. The van der Waals surface area contributed by atoms with Gasteiger partial charge in [-0.15, -0.1) is 0 Å². The standard InChI is InChI=1S/C16H25N3/c1-3-17-16(18-11-10-14-8-9-14)19-12-15-6-4-13(2)5-7-15/h4-7,14H,3,8-12H2,1-2H3,(H2,17,18,19).